The van der Waals surface area contributed by atoms with Crippen LogP contribution in [-0.2, 0) is 14.4 Å². The monoisotopic (exact) mass is 481 g/mol. The summed E-state index contributed by atoms with van der Waals surface area (Å²) in [7, 11) is 0. The molecular formula is C18H31N3O6S3. The molecule has 0 aromatic heterocycles. The lowest BCUT2D eigenvalue weighted by molar-refractivity contribution is -0.275. The van der Waals surface area contributed by atoms with Gasteiger partial charge in [0.25, 0.3) is 0 Å². The second-order valence-corrected chi connectivity index (χ2v) is 10.5. The first kappa shape index (κ1) is 25.6. The molecule has 0 saturated carbocycles. The summed E-state index contributed by atoms with van der Waals surface area (Å²) in [5.41, 5.74) is 0. The van der Waals surface area contributed by atoms with Crippen LogP contribution in [0.15, 0.2) is 0 Å². The summed E-state index contributed by atoms with van der Waals surface area (Å²) in [6.07, 6.45) is 5.60. The number of nitrogens with zero attached hydrogens (tertiary/aromatic N) is 3. The zero-order valence-electron chi connectivity index (χ0n) is 17.1. The molecule has 0 bridgehead atoms. The number of rotatable bonds is 16. The summed E-state index contributed by atoms with van der Waals surface area (Å²) in [6.45, 7) is 2.13. The molecule has 0 aromatic carbocycles. The van der Waals surface area contributed by atoms with E-state index in [4.69, 9.17) is 10.2 Å². The topological polar surface area (TPSA) is 122 Å². The lowest BCUT2D eigenvalue weighted by Crippen LogP contribution is -2.69. The maximum Gasteiger partial charge on any atom is 0.318 e. The molecule has 0 radical (unpaired) electrons. The van der Waals surface area contributed by atoms with E-state index in [0.717, 1.165) is 50.3 Å². The number of carbonyl (C=O) groups is 3. The van der Waals surface area contributed by atoms with Crippen LogP contribution >= 0.6 is 35.3 Å². The molecule has 2 saturated heterocycles. The van der Waals surface area contributed by atoms with E-state index in [-0.39, 0.29) is 11.5 Å². The first-order valence-corrected chi connectivity index (χ1v) is 13.6. The molecule has 2 fully saturated rings. The maximum atomic E-state index is 11.6. The van der Waals surface area contributed by atoms with Crippen LogP contribution < -0.4 is 0 Å². The molecule has 0 aliphatic carbocycles. The molecule has 3 N–H and O–H groups in total. The molecule has 2 aliphatic rings. The SMILES string of the molecule is CSC(CN(N1CCC1CCSCC(=O)O)N1CCC1CCSCC(=O)O)C(=O)O. The average molecular weight is 482 g/mol. The van der Waals surface area contributed by atoms with Gasteiger partial charge in [0.05, 0.1) is 18.1 Å². The standard InChI is InChI=1S/C18H31N3O6S3/c1-28-15(18(26)27)10-21(19-6-2-13(19)4-8-29-11-16(22)23)20-7-3-14(20)5-9-30-12-17(24)25/h13-15H,2-12H2,1H3,(H,22,23)(H,24,25)(H,26,27). The number of hydrogen-bond donors (Lipinski definition) is 3. The summed E-state index contributed by atoms with van der Waals surface area (Å²) >= 11 is 4.16. The Morgan fingerprint density at radius 3 is 1.70 bits per heavy atom. The van der Waals surface area contributed by atoms with E-state index in [2.05, 4.69) is 15.1 Å². The Bertz CT molecular complexity index is 562. The number of aliphatic carboxylic acids is 3. The van der Waals surface area contributed by atoms with Gasteiger partial charge in [-0.15, -0.1) is 11.8 Å². The van der Waals surface area contributed by atoms with Gasteiger partial charge in [0.2, 0.25) is 0 Å². The van der Waals surface area contributed by atoms with Gasteiger partial charge in [-0.1, -0.05) is 0 Å². The third-order valence-corrected chi connectivity index (χ3v) is 8.22. The van der Waals surface area contributed by atoms with Crippen molar-refractivity contribution >= 4 is 53.2 Å². The highest BCUT2D eigenvalue weighted by atomic mass is 32.2. The average Bonchev–Trinajstić information content (AvgIpc) is 2.62. The fourth-order valence-corrected chi connectivity index (χ4v) is 5.57. The van der Waals surface area contributed by atoms with E-state index in [1.807, 2.05) is 6.26 Å². The summed E-state index contributed by atoms with van der Waals surface area (Å²) in [4.78, 5) is 33.0. The van der Waals surface area contributed by atoms with Gasteiger partial charge in [-0.2, -0.15) is 28.6 Å². The highest BCUT2D eigenvalue weighted by Gasteiger charge is 2.42. The molecule has 3 unspecified atom stereocenters. The lowest BCUT2D eigenvalue weighted by Gasteiger charge is -2.57. The van der Waals surface area contributed by atoms with Crippen molar-refractivity contribution in [2.75, 3.05) is 48.9 Å². The van der Waals surface area contributed by atoms with Gasteiger partial charge in [-0.3, -0.25) is 14.4 Å². The van der Waals surface area contributed by atoms with E-state index in [9.17, 15) is 19.5 Å². The predicted molar refractivity (Wildman–Crippen MR) is 121 cm³/mol. The molecule has 172 valence electrons. The molecule has 3 atom stereocenters. The van der Waals surface area contributed by atoms with E-state index in [0.29, 0.717) is 18.6 Å². The van der Waals surface area contributed by atoms with Crippen molar-refractivity contribution in [2.24, 2.45) is 0 Å². The van der Waals surface area contributed by atoms with Crippen LogP contribution in [-0.4, -0.2) is 115 Å². The maximum absolute atomic E-state index is 11.6. The Hall–Kier alpha value is -0.660. The normalized spacial score (nSPS) is 23.0. The molecule has 9 nitrogen and oxygen atoms in total. The summed E-state index contributed by atoms with van der Waals surface area (Å²) in [5.74, 6) is -0.696. The van der Waals surface area contributed by atoms with Gasteiger partial charge in [-0.05, 0) is 43.4 Å². The smallest absolute Gasteiger partial charge is 0.318 e. The van der Waals surface area contributed by atoms with E-state index in [1.165, 1.54) is 35.3 Å². The molecule has 0 aromatic rings. The molecule has 12 heteroatoms. The van der Waals surface area contributed by atoms with Gasteiger partial charge in [0.15, 0.2) is 0 Å². The van der Waals surface area contributed by atoms with Crippen LogP contribution in [0.4, 0.5) is 0 Å². The van der Waals surface area contributed by atoms with Crippen molar-refractivity contribution in [3.8, 4) is 0 Å². The number of thioether (sulfide) groups is 3. The van der Waals surface area contributed by atoms with Crippen LogP contribution in [0.25, 0.3) is 0 Å². The van der Waals surface area contributed by atoms with Gasteiger partial charge < -0.3 is 15.3 Å². The van der Waals surface area contributed by atoms with Crippen molar-refractivity contribution < 1.29 is 29.7 Å². The van der Waals surface area contributed by atoms with Gasteiger partial charge in [0.1, 0.15) is 5.25 Å². The van der Waals surface area contributed by atoms with Crippen molar-refractivity contribution in [3.05, 3.63) is 0 Å². The molecule has 2 heterocycles. The second kappa shape index (κ2) is 13.0. The zero-order chi connectivity index (χ0) is 22.1. The van der Waals surface area contributed by atoms with Crippen molar-refractivity contribution in [2.45, 2.75) is 43.0 Å². The Kier molecular flexibility index (Phi) is 11.1. The summed E-state index contributed by atoms with van der Waals surface area (Å²) in [5, 5.41) is 33.2. The Labute approximate surface area is 189 Å². The van der Waals surface area contributed by atoms with Crippen LogP contribution in [0.5, 0.6) is 0 Å². The van der Waals surface area contributed by atoms with Gasteiger partial charge >= 0.3 is 17.9 Å². The third kappa shape index (κ3) is 7.79. The first-order valence-electron chi connectivity index (χ1n) is 9.98. The summed E-state index contributed by atoms with van der Waals surface area (Å²) < 4.78 is 0. The molecule has 30 heavy (non-hydrogen) atoms. The van der Waals surface area contributed by atoms with Gasteiger partial charge in [-0.25, -0.2) is 10.0 Å². The Morgan fingerprint density at radius 1 is 0.933 bits per heavy atom. The van der Waals surface area contributed by atoms with E-state index in [1.54, 1.807) is 0 Å². The van der Waals surface area contributed by atoms with Gasteiger partial charge in [0, 0.05) is 25.2 Å². The fraction of sp³-hybridized carbons (Fsp3) is 0.833. The van der Waals surface area contributed by atoms with Crippen LogP contribution in [0.1, 0.15) is 25.7 Å². The van der Waals surface area contributed by atoms with Crippen LogP contribution in [0.2, 0.25) is 0 Å². The van der Waals surface area contributed by atoms with Crippen molar-refractivity contribution in [1.29, 1.82) is 0 Å². The van der Waals surface area contributed by atoms with Crippen LogP contribution in [0.3, 0.4) is 0 Å². The minimum absolute atomic E-state index is 0.103. The largest absolute Gasteiger partial charge is 0.481 e. The van der Waals surface area contributed by atoms with E-state index >= 15 is 0 Å². The Balaban J connectivity index is 1.94. The Morgan fingerprint density at radius 2 is 1.40 bits per heavy atom. The minimum Gasteiger partial charge on any atom is -0.481 e. The predicted octanol–water partition coefficient (Wildman–Crippen LogP) is 1.50. The quantitative estimate of drug-likeness (QED) is 0.277. The molecular weight excluding hydrogens is 450 g/mol. The molecule has 0 amide bonds. The van der Waals surface area contributed by atoms with Crippen molar-refractivity contribution in [3.63, 3.8) is 0 Å². The summed E-state index contributed by atoms with van der Waals surface area (Å²) in [6, 6.07) is 0.593. The van der Waals surface area contributed by atoms with Crippen LogP contribution in [0, 0.1) is 0 Å². The molecule has 0 spiro atoms. The highest BCUT2D eigenvalue weighted by Crippen LogP contribution is 2.32. The molecule has 2 aliphatic heterocycles. The lowest BCUT2D eigenvalue weighted by atomic mass is 10.0. The highest BCUT2D eigenvalue weighted by molar-refractivity contribution is 8.00. The zero-order valence-corrected chi connectivity index (χ0v) is 19.6. The molecule has 2 rings (SSSR count). The second-order valence-electron chi connectivity index (χ2n) is 7.30. The fourth-order valence-electron chi connectivity index (χ4n) is 3.57. The first-order chi connectivity index (χ1) is 14.3. The third-order valence-electron chi connectivity index (χ3n) is 5.35. The van der Waals surface area contributed by atoms with Crippen molar-refractivity contribution in [1.82, 2.24) is 15.1 Å². The number of carboxylic acids is 3. The number of hydrazine groups is 2. The minimum atomic E-state index is -0.823. The number of carboxylic acid groups (broad SMARTS) is 3. The van der Waals surface area contributed by atoms with E-state index < -0.39 is 23.2 Å². The number of hydrogen-bond acceptors (Lipinski definition) is 9.